The topological polar surface area (TPSA) is 79.0 Å². The Hall–Kier alpha value is -3.19. The van der Waals surface area contributed by atoms with E-state index in [0.29, 0.717) is 12.5 Å². The van der Waals surface area contributed by atoms with Crippen LogP contribution in [0.3, 0.4) is 0 Å². The lowest BCUT2D eigenvalue weighted by Gasteiger charge is -2.22. The van der Waals surface area contributed by atoms with Crippen molar-refractivity contribution in [2.24, 2.45) is 10.4 Å². The van der Waals surface area contributed by atoms with Crippen LogP contribution in [-0.2, 0) is 24.1 Å². The van der Waals surface area contributed by atoms with Gasteiger partial charge in [0.05, 0.1) is 11.8 Å². The zero-order valence-corrected chi connectivity index (χ0v) is 24.6. The van der Waals surface area contributed by atoms with Gasteiger partial charge in [-0.25, -0.2) is 0 Å². The molecule has 0 radical (unpaired) electrons. The number of aliphatic hydroxyl groups is 1. The fraction of sp³-hybridized carbons (Fsp3) is 0.424. The summed E-state index contributed by atoms with van der Waals surface area (Å²) in [6.45, 7) is 15.0. The maximum Gasteiger partial charge on any atom is 0.116 e. The second-order valence-corrected chi connectivity index (χ2v) is 11.1. The normalized spacial score (nSPS) is 14.3. The molecular formula is C33H45N3O3. The highest BCUT2D eigenvalue weighted by molar-refractivity contribution is 5.92. The number of rotatable bonds is 13. The molecule has 2 aromatic carbocycles. The van der Waals surface area contributed by atoms with Crippen molar-refractivity contribution in [2.75, 3.05) is 20.8 Å². The number of aromatic nitrogens is 1. The van der Waals surface area contributed by atoms with E-state index in [4.69, 9.17) is 4.74 Å². The van der Waals surface area contributed by atoms with Crippen molar-refractivity contribution in [2.45, 2.75) is 66.2 Å². The number of hydrogen-bond donors (Lipinski definition) is 3. The van der Waals surface area contributed by atoms with Gasteiger partial charge in [0.15, 0.2) is 0 Å². The second-order valence-electron chi connectivity index (χ2n) is 11.1. The van der Waals surface area contributed by atoms with Crippen molar-refractivity contribution in [1.29, 1.82) is 0 Å². The van der Waals surface area contributed by atoms with E-state index in [-0.39, 0.29) is 23.9 Å². The van der Waals surface area contributed by atoms with Gasteiger partial charge in [0.2, 0.25) is 0 Å². The van der Waals surface area contributed by atoms with Crippen LogP contribution in [-0.4, -0.2) is 53.9 Å². The van der Waals surface area contributed by atoms with Crippen LogP contribution >= 0.6 is 0 Å². The number of aliphatic imine (C=N–C) groups is 1. The van der Waals surface area contributed by atoms with Crippen LogP contribution in [0, 0.1) is 5.41 Å². The predicted octanol–water partition coefficient (Wildman–Crippen LogP) is 6.38. The molecule has 210 valence electrons. The van der Waals surface area contributed by atoms with E-state index < -0.39 is 0 Å². The summed E-state index contributed by atoms with van der Waals surface area (Å²) in [6.07, 6.45) is 6.75. The second kappa shape index (κ2) is 13.2. The van der Waals surface area contributed by atoms with Gasteiger partial charge in [-0.05, 0) is 98.7 Å². The standard InChI is InChI=1S/C33H45N3O3/c1-9-13-35-30(23(4)39-8)19-32-29(20-33(5,6)21-37)28-18-25(11-12-31(28)36(32)10-2)26-15-24(14-22(3)34-7)16-27(38)17-26/h9,11-13,15-19,22-23,34,37-38H,1,10,14,20-21H2,2-8H3/b30-19+,35-13?. The number of allylic oxidation sites excluding steroid dienone is 1. The number of phenolic OH excluding ortho intramolecular Hbond substituents is 1. The van der Waals surface area contributed by atoms with Gasteiger partial charge in [0.1, 0.15) is 5.75 Å². The van der Waals surface area contributed by atoms with Crippen molar-refractivity contribution in [1.82, 2.24) is 9.88 Å². The third-order valence-electron chi connectivity index (χ3n) is 7.34. The number of methoxy groups -OCH3 is 1. The molecule has 0 fully saturated rings. The van der Waals surface area contributed by atoms with Crippen LogP contribution in [0.15, 0.2) is 59.7 Å². The number of fused-ring (bicyclic) bond motifs is 1. The molecule has 6 heteroatoms. The average Bonchev–Trinajstić information content (AvgIpc) is 3.20. The number of phenols is 1. The lowest BCUT2D eigenvalue weighted by atomic mass is 9.85. The summed E-state index contributed by atoms with van der Waals surface area (Å²) in [5.41, 5.74) is 6.93. The van der Waals surface area contributed by atoms with E-state index >= 15 is 0 Å². The van der Waals surface area contributed by atoms with Crippen LogP contribution in [0.2, 0.25) is 0 Å². The minimum Gasteiger partial charge on any atom is -0.508 e. The van der Waals surface area contributed by atoms with E-state index in [1.807, 2.05) is 26.1 Å². The Balaban J connectivity index is 2.30. The van der Waals surface area contributed by atoms with Gasteiger partial charge in [-0.2, -0.15) is 0 Å². The number of aromatic hydroxyl groups is 1. The summed E-state index contributed by atoms with van der Waals surface area (Å²) in [7, 11) is 3.63. The third kappa shape index (κ3) is 7.27. The first-order valence-corrected chi connectivity index (χ1v) is 13.7. The van der Waals surface area contributed by atoms with Crippen LogP contribution < -0.4 is 5.32 Å². The molecule has 0 saturated carbocycles. The summed E-state index contributed by atoms with van der Waals surface area (Å²) in [5, 5.41) is 25.1. The lowest BCUT2D eigenvalue weighted by molar-refractivity contribution is 0.147. The van der Waals surface area contributed by atoms with Gasteiger partial charge in [-0.1, -0.05) is 38.6 Å². The van der Waals surface area contributed by atoms with E-state index in [9.17, 15) is 10.2 Å². The lowest BCUT2D eigenvalue weighted by Crippen LogP contribution is -2.23. The first-order valence-electron chi connectivity index (χ1n) is 13.7. The highest BCUT2D eigenvalue weighted by Gasteiger charge is 2.25. The van der Waals surface area contributed by atoms with Gasteiger partial charge in [0.25, 0.3) is 0 Å². The molecule has 2 atom stereocenters. The highest BCUT2D eigenvalue weighted by atomic mass is 16.5. The van der Waals surface area contributed by atoms with Crippen molar-refractivity contribution in [3.63, 3.8) is 0 Å². The molecule has 3 N–H and O–H groups in total. The van der Waals surface area contributed by atoms with Gasteiger partial charge in [-0.3, -0.25) is 4.99 Å². The minimum absolute atomic E-state index is 0.0736. The van der Waals surface area contributed by atoms with Crippen molar-refractivity contribution in [3.05, 3.63) is 71.6 Å². The number of benzene rings is 2. The number of aliphatic hydroxyl groups excluding tert-OH is 1. The molecule has 2 unspecified atom stereocenters. The van der Waals surface area contributed by atoms with E-state index in [1.165, 1.54) is 0 Å². The van der Waals surface area contributed by atoms with Crippen LogP contribution in [0.5, 0.6) is 5.75 Å². The summed E-state index contributed by atoms with van der Waals surface area (Å²) >= 11 is 0. The molecule has 1 aromatic heterocycles. The molecule has 3 rings (SSSR count). The third-order valence-corrected chi connectivity index (χ3v) is 7.34. The Morgan fingerprint density at radius 3 is 2.54 bits per heavy atom. The number of nitrogens with one attached hydrogen (secondary N) is 1. The van der Waals surface area contributed by atoms with Gasteiger partial charge >= 0.3 is 0 Å². The Labute approximate surface area is 233 Å². The number of ether oxygens (including phenoxy) is 1. The van der Waals surface area contributed by atoms with Crippen LogP contribution in [0.25, 0.3) is 28.1 Å². The summed E-state index contributed by atoms with van der Waals surface area (Å²) in [6, 6.07) is 12.6. The van der Waals surface area contributed by atoms with Gasteiger partial charge < -0.3 is 24.8 Å². The quantitative estimate of drug-likeness (QED) is 0.224. The SMILES string of the molecule is C=CC=N/C(=C/c1c(CC(C)(C)CO)c2cc(-c3cc(O)cc(CC(C)NC)c3)ccc2n1CC)C(C)OC. The molecule has 0 amide bonds. The molecule has 0 bridgehead atoms. The minimum atomic E-state index is -0.315. The van der Waals surface area contributed by atoms with Crippen molar-refractivity contribution >= 4 is 23.2 Å². The van der Waals surface area contributed by atoms with Crippen LogP contribution in [0.1, 0.15) is 51.4 Å². The van der Waals surface area contributed by atoms with Crippen molar-refractivity contribution in [3.8, 4) is 16.9 Å². The molecule has 3 aromatic rings. The maximum absolute atomic E-state index is 10.5. The Morgan fingerprint density at radius 1 is 1.18 bits per heavy atom. The largest absolute Gasteiger partial charge is 0.508 e. The number of hydrogen-bond acceptors (Lipinski definition) is 5. The first-order chi connectivity index (χ1) is 18.6. The molecule has 0 aliphatic rings. The van der Waals surface area contributed by atoms with E-state index in [1.54, 1.807) is 19.4 Å². The Kier molecular flexibility index (Phi) is 10.3. The molecule has 6 nitrogen and oxygen atoms in total. The van der Waals surface area contributed by atoms with Crippen molar-refractivity contribution < 1.29 is 14.9 Å². The summed E-state index contributed by atoms with van der Waals surface area (Å²) in [5.74, 6) is 0.264. The summed E-state index contributed by atoms with van der Waals surface area (Å²) in [4.78, 5) is 4.62. The number of nitrogens with zero attached hydrogens (tertiary/aromatic N) is 2. The highest BCUT2D eigenvalue weighted by Crippen LogP contribution is 2.37. The average molecular weight is 532 g/mol. The van der Waals surface area contributed by atoms with E-state index in [2.05, 4.69) is 79.5 Å². The molecule has 1 heterocycles. The fourth-order valence-electron chi connectivity index (χ4n) is 4.92. The van der Waals surface area contributed by atoms with Crippen LogP contribution in [0.4, 0.5) is 0 Å². The molecular weight excluding hydrogens is 486 g/mol. The zero-order chi connectivity index (χ0) is 28.7. The molecule has 0 aliphatic heterocycles. The number of likely N-dealkylation sites (N-methyl/N-ethyl adjacent to an activating group) is 1. The monoisotopic (exact) mass is 531 g/mol. The Morgan fingerprint density at radius 2 is 1.92 bits per heavy atom. The molecule has 39 heavy (non-hydrogen) atoms. The molecule has 0 spiro atoms. The Bertz CT molecular complexity index is 1350. The predicted molar refractivity (Wildman–Crippen MR) is 165 cm³/mol. The smallest absolute Gasteiger partial charge is 0.116 e. The molecule has 0 saturated heterocycles. The summed E-state index contributed by atoms with van der Waals surface area (Å²) < 4.78 is 7.93. The first kappa shape index (κ1) is 30.4. The van der Waals surface area contributed by atoms with E-state index in [0.717, 1.165) is 57.5 Å². The molecule has 0 aliphatic carbocycles. The zero-order valence-electron chi connectivity index (χ0n) is 24.6. The number of aryl methyl sites for hydroxylation is 1. The van der Waals surface area contributed by atoms with Gasteiger partial charge in [0, 0.05) is 49.1 Å². The van der Waals surface area contributed by atoms with Gasteiger partial charge in [-0.15, -0.1) is 0 Å². The maximum atomic E-state index is 10.5. The fourth-order valence-corrected chi connectivity index (χ4v) is 4.92.